The van der Waals surface area contributed by atoms with Crippen molar-refractivity contribution in [1.82, 2.24) is 15.0 Å². The lowest BCUT2D eigenvalue weighted by atomic mass is 9.96. The lowest BCUT2D eigenvalue weighted by Gasteiger charge is -2.12. The minimum atomic E-state index is 0.0455. The second-order valence-electron chi connectivity index (χ2n) is 6.07. The largest absolute Gasteiger partial charge is 0.364 e. The fraction of sp³-hybridized carbons (Fsp3) is 0.0952. The van der Waals surface area contributed by atoms with Gasteiger partial charge in [0, 0.05) is 23.3 Å². The molecule has 1 aromatic carbocycles. The van der Waals surface area contributed by atoms with Gasteiger partial charge in [-0.25, -0.2) is 4.98 Å². The highest BCUT2D eigenvalue weighted by atomic mass is 16.1. The Labute approximate surface area is 151 Å². The van der Waals surface area contributed by atoms with Crippen LogP contribution in [0.2, 0.25) is 0 Å². The number of aromatic nitrogens is 3. The van der Waals surface area contributed by atoms with E-state index in [9.17, 15) is 4.79 Å². The molecule has 0 atom stereocenters. The molecule has 4 aromatic rings. The third kappa shape index (κ3) is 3.07. The van der Waals surface area contributed by atoms with E-state index in [2.05, 4.69) is 20.3 Å². The number of fused-ring (bicyclic) bond motifs is 1. The molecule has 0 radical (unpaired) electrons. The second kappa shape index (κ2) is 6.80. The number of anilines is 1. The van der Waals surface area contributed by atoms with Gasteiger partial charge in [-0.05, 0) is 42.3 Å². The minimum absolute atomic E-state index is 0.0455. The number of nitrogens with zero attached hydrogens (tertiary/aromatic N) is 2. The van der Waals surface area contributed by atoms with E-state index in [1.165, 1.54) is 0 Å². The minimum Gasteiger partial charge on any atom is -0.364 e. The highest BCUT2D eigenvalue weighted by molar-refractivity contribution is 6.05. The van der Waals surface area contributed by atoms with E-state index in [0.29, 0.717) is 12.1 Å². The van der Waals surface area contributed by atoms with Gasteiger partial charge in [0.15, 0.2) is 5.78 Å². The summed E-state index contributed by atoms with van der Waals surface area (Å²) in [6, 6.07) is 17.4. The summed E-state index contributed by atoms with van der Waals surface area (Å²) in [5.74, 6) is 0.781. The fourth-order valence-electron chi connectivity index (χ4n) is 3.06. The maximum absolute atomic E-state index is 12.1. The standard InChI is InChI=1S/C21H18N4O/c1-14(26)16-7-2-3-8-17(16)19-12-20(25-21-18(19)9-11-23-21)24-13-15-6-4-5-10-22-15/h2-12H,13H2,1H3,(H2,23,24,25). The van der Waals surface area contributed by atoms with Crippen LogP contribution in [0.15, 0.2) is 67.0 Å². The molecule has 0 amide bonds. The van der Waals surface area contributed by atoms with Gasteiger partial charge in [0.1, 0.15) is 11.5 Å². The van der Waals surface area contributed by atoms with Crippen molar-refractivity contribution in [3.05, 3.63) is 78.2 Å². The van der Waals surface area contributed by atoms with Crippen LogP contribution < -0.4 is 5.32 Å². The van der Waals surface area contributed by atoms with Crippen molar-refractivity contribution >= 4 is 22.6 Å². The summed E-state index contributed by atoms with van der Waals surface area (Å²) in [6.07, 6.45) is 3.63. The smallest absolute Gasteiger partial charge is 0.160 e. The van der Waals surface area contributed by atoms with Crippen molar-refractivity contribution in [2.24, 2.45) is 0 Å². The third-order valence-electron chi connectivity index (χ3n) is 4.30. The number of pyridine rings is 2. The van der Waals surface area contributed by atoms with Gasteiger partial charge in [-0.2, -0.15) is 0 Å². The van der Waals surface area contributed by atoms with Crippen LogP contribution in [-0.4, -0.2) is 20.7 Å². The van der Waals surface area contributed by atoms with Crippen molar-refractivity contribution in [1.29, 1.82) is 0 Å². The maximum Gasteiger partial charge on any atom is 0.160 e. The molecule has 0 bridgehead atoms. The number of carbonyl (C=O) groups excluding carboxylic acids is 1. The molecule has 4 rings (SSSR count). The van der Waals surface area contributed by atoms with Gasteiger partial charge in [0.2, 0.25) is 0 Å². The first-order valence-corrected chi connectivity index (χ1v) is 8.44. The number of nitrogens with one attached hydrogen (secondary N) is 2. The maximum atomic E-state index is 12.1. The molecular weight excluding hydrogens is 324 g/mol. The molecule has 0 aliphatic rings. The molecule has 0 unspecified atom stereocenters. The number of ketones is 1. The molecule has 0 aliphatic carbocycles. The summed E-state index contributed by atoms with van der Waals surface area (Å²) in [6.45, 7) is 2.17. The van der Waals surface area contributed by atoms with Crippen LogP contribution in [0.3, 0.4) is 0 Å². The van der Waals surface area contributed by atoms with Gasteiger partial charge in [-0.3, -0.25) is 9.78 Å². The first-order chi connectivity index (χ1) is 12.7. The van der Waals surface area contributed by atoms with Crippen molar-refractivity contribution < 1.29 is 4.79 Å². The molecular formula is C21H18N4O. The summed E-state index contributed by atoms with van der Waals surface area (Å²) in [5, 5.41) is 4.31. The van der Waals surface area contributed by atoms with E-state index < -0.39 is 0 Å². The van der Waals surface area contributed by atoms with Gasteiger partial charge in [-0.15, -0.1) is 0 Å². The molecule has 2 N–H and O–H groups in total. The van der Waals surface area contributed by atoms with E-state index in [0.717, 1.165) is 33.7 Å². The quantitative estimate of drug-likeness (QED) is 0.526. The molecule has 3 heterocycles. The molecule has 3 aromatic heterocycles. The Morgan fingerprint density at radius 3 is 2.73 bits per heavy atom. The van der Waals surface area contributed by atoms with E-state index in [-0.39, 0.29) is 5.78 Å². The zero-order valence-corrected chi connectivity index (χ0v) is 14.4. The summed E-state index contributed by atoms with van der Waals surface area (Å²) in [7, 11) is 0. The first kappa shape index (κ1) is 16.0. The Balaban J connectivity index is 1.77. The van der Waals surface area contributed by atoms with Crippen LogP contribution >= 0.6 is 0 Å². The fourth-order valence-corrected chi connectivity index (χ4v) is 3.06. The number of hydrogen-bond acceptors (Lipinski definition) is 4. The summed E-state index contributed by atoms with van der Waals surface area (Å²) < 4.78 is 0. The summed E-state index contributed by atoms with van der Waals surface area (Å²) >= 11 is 0. The summed E-state index contributed by atoms with van der Waals surface area (Å²) in [5.41, 5.74) is 4.31. The van der Waals surface area contributed by atoms with Crippen molar-refractivity contribution in [2.45, 2.75) is 13.5 Å². The molecule has 0 saturated heterocycles. The lowest BCUT2D eigenvalue weighted by molar-refractivity contribution is 0.101. The third-order valence-corrected chi connectivity index (χ3v) is 4.30. The Morgan fingerprint density at radius 2 is 1.92 bits per heavy atom. The van der Waals surface area contributed by atoms with Gasteiger partial charge in [-0.1, -0.05) is 30.3 Å². The predicted octanol–water partition coefficient (Wildman–Crippen LogP) is 4.44. The molecule has 0 fully saturated rings. The highest BCUT2D eigenvalue weighted by Gasteiger charge is 2.14. The van der Waals surface area contributed by atoms with E-state index in [1.807, 2.05) is 60.8 Å². The Morgan fingerprint density at radius 1 is 1.08 bits per heavy atom. The number of benzene rings is 1. The van der Waals surface area contributed by atoms with Crippen LogP contribution in [-0.2, 0) is 6.54 Å². The van der Waals surface area contributed by atoms with Crippen molar-refractivity contribution in [2.75, 3.05) is 5.32 Å². The van der Waals surface area contributed by atoms with Gasteiger partial charge < -0.3 is 10.3 Å². The molecule has 5 nitrogen and oxygen atoms in total. The number of H-pyrrole nitrogens is 1. The zero-order valence-electron chi connectivity index (χ0n) is 14.4. The average molecular weight is 342 g/mol. The van der Waals surface area contributed by atoms with E-state index in [4.69, 9.17) is 0 Å². The number of Topliss-reactive ketones (excluding diaryl/α,β-unsaturated/α-hetero) is 1. The molecule has 0 aliphatic heterocycles. The van der Waals surface area contributed by atoms with E-state index in [1.54, 1.807) is 13.1 Å². The van der Waals surface area contributed by atoms with E-state index >= 15 is 0 Å². The zero-order chi connectivity index (χ0) is 17.9. The van der Waals surface area contributed by atoms with Gasteiger partial charge in [0.25, 0.3) is 0 Å². The SMILES string of the molecule is CC(=O)c1ccccc1-c1cc(NCc2ccccn2)nc2[nH]ccc12. The number of aromatic amines is 1. The van der Waals surface area contributed by atoms with Crippen LogP contribution in [0, 0.1) is 0 Å². The number of carbonyl (C=O) groups is 1. The van der Waals surface area contributed by atoms with Crippen molar-refractivity contribution in [3.8, 4) is 11.1 Å². The first-order valence-electron chi connectivity index (χ1n) is 8.44. The average Bonchev–Trinajstić information content (AvgIpc) is 3.15. The normalized spacial score (nSPS) is 10.8. The molecule has 0 spiro atoms. The topological polar surface area (TPSA) is 70.7 Å². The molecule has 26 heavy (non-hydrogen) atoms. The summed E-state index contributed by atoms with van der Waals surface area (Å²) in [4.78, 5) is 24.2. The predicted molar refractivity (Wildman–Crippen MR) is 103 cm³/mol. The van der Waals surface area contributed by atoms with Crippen LogP contribution in [0.4, 0.5) is 5.82 Å². The van der Waals surface area contributed by atoms with Crippen LogP contribution in [0.25, 0.3) is 22.2 Å². The van der Waals surface area contributed by atoms with Gasteiger partial charge in [0.05, 0.1) is 12.2 Å². The molecule has 0 saturated carbocycles. The molecule has 5 heteroatoms. The number of hydrogen-bond donors (Lipinski definition) is 2. The lowest BCUT2D eigenvalue weighted by Crippen LogP contribution is -2.04. The molecule has 128 valence electrons. The van der Waals surface area contributed by atoms with Crippen molar-refractivity contribution in [3.63, 3.8) is 0 Å². The van der Waals surface area contributed by atoms with Crippen LogP contribution in [0.1, 0.15) is 23.0 Å². The Hall–Kier alpha value is -3.47. The second-order valence-corrected chi connectivity index (χ2v) is 6.07. The Kier molecular flexibility index (Phi) is 4.19. The number of rotatable bonds is 5. The highest BCUT2D eigenvalue weighted by Crippen LogP contribution is 2.32. The van der Waals surface area contributed by atoms with Crippen LogP contribution in [0.5, 0.6) is 0 Å². The van der Waals surface area contributed by atoms with Gasteiger partial charge >= 0.3 is 0 Å². The Bertz CT molecular complexity index is 1070. The monoisotopic (exact) mass is 342 g/mol.